The Morgan fingerprint density at radius 3 is 2.62 bits per heavy atom. The monoisotopic (exact) mass is 356 g/mol. The number of anilines is 1. The Morgan fingerprint density at radius 2 is 2.19 bits per heavy atom. The number of nitro groups is 1. The van der Waals surface area contributed by atoms with Crippen LogP contribution in [0.3, 0.4) is 0 Å². The van der Waals surface area contributed by atoms with Crippen LogP contribution in [0.4, 0.5) is 11.4 Å². The van der Waals surface area contributed by atoms with Crippen molar-refractivity contribution < 1.29 is 14.8 Å². The van der Waals surface area contributed by atoms with Gasteiger partial charge in [0.15, 0.2) is 0 Å². The van der Waals surface area contributed by atoms with Gasteiger partial charge in [0.25, 0.3) is 5.69 Å². The summed E-state index contributed by atoms with van der Waals surface area (Å²) in [5.41, 5.74) is 0.0452. The summed E-state index contributed by atoms with van der Waals surface area (Å²) in [5.74, 6) is -0.755. The second-order valence-electron chi connectivity index (χ2n) is 5.68. The molecule has 1 aromatic rings. The number of carboxylic acid groups (broad SMARTS) is 1. The molecule has 1 saturated heterocycles. The predicted molar refractivity (Wildman–Crippen MR) is 82.5 cm³/mol. The first kappa shape index (κ1) is 15.8. The molecular weight excluding hydrogens is 340 g/mol. The highest BCUT2D eigenvalue weighted by Gasteiger charge is 2.47. The van der Waals surface area contributed by atoms with E-state index in [0.29, 0.717) is 24.0 Å². The number of nitrogens with zero attached hydrogens (tertiary/aromatic N) is 2. The van der Waals surface area contributed by atoms with Gasteiger partial charge < -0.3 is 10.0 Å². The van der Waals surface area contributed by atoms with E-state index < -0.39 is 16.3 Å². The van der Waals surface area contributed by atoms with E-state index in [1.165, 1.54) is 12.1 Å². The molecule has 7 heteroatoms. The first-order valence-corrected chi connectivity index (χ1v) is 7.49. The van der Waals surface area contributed by atoms with Crippen LogP contribution in [0.15, 0.2) is 22.7 Å². The van der Waals surface area contributed by atoms with Gasteiger partial charge in [-0.25, -0.2) is 0 Å². The first-order valence-electron chi connectivity index (χ1n) is 6.70. The van der Waals surface area contributed by atoms with Crippen molar-refractivity contribution in [3.63, 3.8) is 0 Å². The van der Waals surface area contributed by atoms with Crippen molar-refractivity contribution in [2.75, 3.05) is 18.0 Å². The summed E-state index contributed by atoms with van der Waals surface area (Å²) in [6, 6.07) is 4.56. The smallest absolute Gasteiger partial charge is 0.311 e. The Kier molecular flexibility index (Phi) is 4.22. The van der Waals surface area contributed by atoms with E-state index in [0.717, 1.165) is 5.69 Å². The Balaban J connectivity index is 2.29. The molecular formula is C14H17BrN2O4. The van der Waals surface area contributed by atoms with E-state index >= 15 is 0 Å². The number of carbonyl (C=O) groups is 1. The predicted octanol–water partition coefficient (Wildman–Crippen LogP) is 3.29. The fourth-order valence-corrected chi connectivity index (χ4v) is 3.41. The van der Waals surface area contributed by atoms with Crippen LogP contribution >= 0.6 is 15.9 Å². The zero-order valence-corrected chi connectivity index (χ0v) is 13.5. The Bertz CT molecular complexity index is 590. The lowest BCUT2D eigenvalue weighted by Crippen LogP contribution is -2.39. The first-order chi connectivity index (χ1) is 9.78. The standard InChI is InChI=1S/C14H17BrN2O4/c1-9(2)14(13(18)19)5-6-16(8-14)12-4-3-10(17(20)21)7-11(12)15/h3-4,7,9H,5-6,8H2,1-2H3,(H,18,19). The molecule has 1 N–H and O–H groups in total. The summed E-state index contributed by atoms with van der Waals surface area (Å²) >= 11 is 3.34. The Hall–Kier alpha value is -1.63. The Labute approximate surface area is 131 Å². The minimum atomic E-state index is -0.780. The van der Waals surface area contributed by atoms with Gasteiger partial charge in [-0.2, -0.15) is 0 Å². The molecule has 1 fully saturated rings. The van der Waals surface area contributed by atoms with Gasteiger partial charge in [-0.15, -0.1) is 0 Å². The highest BCUT2D eigenvalue weighted by molar-refractivity contribution is 9.10. The third-order valence-corrected chi connectivity index (χ3v) is 4.95. The maximum atomic E-state index is 11.6. The lowest BCUT2D eigenvalue weighted by atomic mass is 9.76. The van der Waals surface area contributed by atoms with Crippen LogP contribution in [0.25, 0.3) is 0 Å². The van der Waals surface area contributed by atoms with Crippen LogP contribution in [-0.4, -0.2) is 29.1 Å². The van der Waals surface area contributed by atoms with Crippen LogP contribution < -0.4 is 4.90 Å². The fraction of sp³-hybridized carbons (Fsp3) is 0.500. The molecule has 0 aromatic heterocycles. The summed E-state index contributed by atoms with van der Waals surface area (Å²) < 4.78 is 0.613. The number of halogens is 1. The molecule has 0 amide bonds. The molecule has 1 atom stereocenters. The molecule has 114 valence electrons. The van der Waals surface area contributed by atoms with Gasteiger partial charge in [0, 0.05) is 29.7 Å². The lowest BCUT2D eigenvalue weighted by molar-refractivity contribution is -0.384. The van der Waals surface area contributed by atoms with E-state index in [4.69, 9.17) is 0 Å². The number of hydrogen-bond donors (Lipinski definition) is 1. The molecule has 0 radical (unpaired) electrons. The minimum Gasteiger partial charge on any atom is -0.481 e. The summed E-state index contributed by atoms with van der Waals surface area (Å²) in [6.07, 6.45) is 0.573. The number of aliphatic carboxylic acids is 1. The van der Waals surface area contributed by atoms with Gasteiger partial charge in [-0.05, 0) is 34.3 Å². The van der Waals surface area contributed by atoms with Crippen LogP contribution in [0.1, 0.15) is 20.3 Å². The number of nitro benzene ring substituents is 1. The minimum absolute atomic E-state index is 0.0122. The van der Waals surface area contributed by atoms with Crippen molar-refractivity contribution in [2.45, 2.75) is 20.3 Å². The van der Waals surface area contributed by atoms with Gasteiger partial charge >= 0.3 is 5.97 Å². The maximum Gasteiger partial charge on any atom is 0.311 e. The molecule has 21 heavy (non-hydrogen) atoms. The van der Waals surface area contributed by atoms with E-state index in [2.05, 4.69) is 15.9 Å². The average molecular weight is 357 g/mol. The molecule has 0 spiro atoms. The van der Waals surface area contributed by atoms with E-state index in [-0.39, 0.29) is 11.6 Å². The van der Waals surface area contributed by atoms with Crippen LogP contribution in [-0.2, 0) is 4.79 Å². The van der Waals surface area contributed by atoms with Crippen molar-refractivity contribution in [3.8, 4) is 0 Å². The van der Waals surface area contributed by atoms with Gasteiger partial charge in [0.05, 0.1) is 16.0 Å². The van der Waals surface area contributed by atoms with E-state index in [1.54, 1.807) is 6.07 Å². The third kappa shape index (κ3) is 2.74. The normalized spacial score (nSPS) is 21.8. The summed E-state index contributed by atoms with van der Waals surface area (Å²) in [6.45, 7) is 4.88. The van der Waals surface area contributed by atoms with Crippen molar-refractivity contribution in [1.29, 1.82) is 0 Å². The van der Waals surface area contributed by atoms with Crippen LogP contribution in [0, 0.1) is 21.4 Å². The molecule has 0 aliphatic carbocycles. The van der Waals surface area contributed by atoms with Crippen molar-refractivity contribution in [3.05, 3.63) is 32.8 Å². The molecule has 1 aliphatic heterocycles. The molecule has 6 nitrogen and oxygen atoms in total. The molecule has 1 aromatic carbocycles. The molecule has 1 aliphatic rings. The number of hydrogen-bond acceptors (Lipinski definition) is 4. The maximum absolute atomic E-state index is 11.6. The quantitative estimate of drug-likeness (QED) is 0.660. The number of benzene rings is 1. The molecule has 2 rings (SSSR count). The SMILES string of the molecule is CC(C)C1(C(=O)O)CCN(c2ccc([N+](=O)[O-])cc2Br)C1. The fourth-order valence-electron chi connectivity index (χ4n) is 2.80. The van der Waals surface area contributed by atoms with Crippen molar-refractivity contribution in [1.82, 2.24) is 0 Å². The van der Waals surface area contributed by atoms with E-state index in [9.17, 15) is 20.0 Å². The number of carboxylic acids is 1. The summed E-state index contributed by atoms with van der Waals surface area (Å²) in [4.78, 5) is 23.9. The summed E-state index contributed by atoms with van der Waals surface area (Å²) in [5, 5.41) is 20.3. The molecule has 1 unspecified atom stereocenters. The van der Waals surface area contributed by atoms with Crippen LogP contribution in [0.5, 0.6) is 0 Å². The zero-order valence-electron chi connectivity index (χ0n) is 11.9. The van der Waals surface area contributed by atoms with Crippen molar-refractivity contribution in [2.24, 2.45) is 11.3 Å². The molecule has 1 heterocycles. The average Bonchev–Trinajstić information content (AvgIpc) is 2.84. The second-order valence-corrected chi connectivity index (χ2v) is 6.53. The van der Waals surface area contributed by atoms with Crippen LogP contribution in [0.2, 0.25) is 0 Å². The van der Waals surface area contributed by atoms with Gasteiger partial charge in [0.1, 0.15) is 0 Å². The highest BCUT2D eigenvalue weighted by Crippen LogP contribution is 2.42. The second kappa shape index (κ2) is 5.63. The number of non-ortho nitro benzene ring substituents is 1. The molecule has 0 saturated carbocycles. The summed E-state index contributed by atoms with van der Waals surface area (Å²) in [7, 11) is 0. The van der Waals surface area contributed by atoms with Gasteiger partial charge in [-0.1, -0.05) is 13.8 Å². The topological polar surface area (TPSA) is 83.7 Å². The zero-order chi connectivity index (χ0) is 15.8. The van der Waals surface area contributed by atoms with Crippen molar-refractivity contribution >= 4 is 33.3 Å². The highest BCUT2D eigenvalue weighted by atomic mass is 79.9. The number of rotatable bonds is 4. The lowest BCUT2D eigenvalue weighted by Gasteiger charge is -2.29. The van der Waals surface area contributed by atoms with Gasteiger partial charge in [0.2, 0.25) is 0 Å². The largest absolute Gasteiger partial charge is 0.481 e. The molecule has 0 bridgehead atoms. The third-order valence-electron chi connectivity index (χ3n) is 4.31. The Morgan fingerprint density at radius 1 is 1.52 bits per heavy atom. The van der Waals surface area contributed by atoms with Gasteiger partial charge in [-0.3, -0.25) is 14.9 Å². The van der Waals surface area contributed by atoms with E-state index in [1.807, 2.05) is 18.7 Å².